The molecule has 1 N–H and O–H groups in total. The second kappa shape index (κ2) is 7.49. The van der Waals surface area contributed by atoms with Gasteiger partial charge in [-0.15, -0.1) is 0 Å². The van der Waals surface area contributed by atoms with E-state index in [1.165, 1.54) is 11.8 Å². The van der Waals surface area contributed by atoms with Crippen molar-refractivity contribution in [2.75, 3.05) is 22.4 Å². The highest BCUT2D eigenvalue weighted by Crippen LogP contribution is 2.22. The lowest BCUT2D eigenvalue weighted by Gasteiger charge is -2.17. The molecule has 1 unspecified atom stereocenters. The van der Waals surface area contributed by atoms with Gasteiger partial charge < -0.3 is 4.90 Å². The summed E-state index contributed by atoms with van der Waals surface area (Å²) in [5, 5.41) is 0. The summed E-state index contributed by atoms with van der Waals surface area (Å²) in [4.78, 5) is 12.9. The summed E-state index contributed by atoms with van der Waals surface area (Å²) in [6, 6.07) is 16.3. The van der Waals surface area contributed by atoms with E-state index in [1.54, 1.807) is 31.3 Å². The number of nitrogens with zero attached hydrogens (tertiary/aromatic N) is 1. The number of hydrogen-bond donors (Lipinski definition) is 1. The number of nitrogens with one attached hydrogen (secondary N) is 1. The average molecular weight is 346 g/mol. The van der Waals surface area contributed by atoms with Gasteiger partial charge in [-0.05, 0) is 29.7 Å². The van der Waals surface area contributed by atoms with E-state index in [9.17, 15) is 13.2 Å². The topological polar surface area (TPSA) is 66.5 Å². The van der Waals surface area contributed by atoms with Crippen molar-refractivity contribution in [1.29, 1.82) is 0 Å². The molecule has 0 aromatic heterocycles. The van der Waals surface area contributed by atoms with Crippen LogP contribution in [-0.2, 0) is 14.8 Å². The Morgan fingerprint density at radius 2 is 1.79 bits per heavy atom. The first-order valence-corrected chi connectivity index (χ1v) is 9.33. The Morgan fingerprint density at radius 1 is 1.12 bits per heavy atom. The lowest BCUT2D eigenvalue weighted by molar-refractivity contribution is -0.116. The van der Waals surface area contributed by atoms with Gasteiger partial charge in [0, 0.05) is 19.7 Å². The minimum Gasteiger partial charge on any atom is -0.316 e. The van der Waals surface area contributed by atoms with Gasteiger partial charge in [-0.1, -0.05) is 43.3 Å². The van der Waals surface area contributed by atoms with Crippen molar-refractivity contribution in [1.82, 2.24) is 0 Å². The van der Waals surface area contributed by atoms with Crippen molar-refractivity contribution in [3.05, 3.63) is 60.2 Å². The fourth-order valence-electron chi connectivity index (χ4n) is 2.39. The van der Waals surface area contributed by atoms with Crippen LogP contribution in [0, 0.1) is 0 Å². The van der Waals surface area contributed by atoms with Gasteiger partial charge in [-0.2, -0.15) is 0 Å². The van der Waals surface area contributed by atoms with Gasteiger partial charge in [0.25, 0.3) is 0 Å². The third-order valence-electron chi connectivity index (χ3n) is 3.82. The molecule has 0 aliphatic heterocycles. The van der Waals surface area contributed by atoms with Gasteiger partial charge >= 0.3 is 0 Å². The maximum atomic E-state index is 12.4. The Hall–Kier alpha value is -2.34. The van der Waals surface area contributed by atoms with Crippen LogP contribution in [0.5, 0.6) is 0 Å². The molecule has 0 aliphatic carbocycles. The summed E-state index contributed by atoms with van der Waals surface area (Å²) in [6.45, 7) is 3.34. The molecule has 6 heteroatoms. The van der Waals surface area contributed by atoms with Crippen molar-refractivity contribution in [3.63, 3.8) is 0 Å². The van der Waals surface area contributed by atoms with Crippen molar-refractivity contribution in [2.24, 2.45) is 0 Å². The number of carbonyl (C=O) groups is 1. The molecule has 0 heterocycles. The molecule has 0 saturated heterocycles. The average Bonchev–Trinajstić information content (AvgIpc) is 2.54. The van der Waals surface area contributed by atoms with Gasteiger partial charge in [-0.3, -0.25) is 9.52 Å². The predicted molar refractivity (Wildman–Crippen MR) is 97.8 cm³/mol. The van der Waals surface area contributed by atoms with Crippen molar-refractivity contribution >= 4 is 27.3 Å². The summed E-state index contributed by atoms with van der Waals surface area (Å²) in [7, 11) is -1.85. The van der Waals surface area contributed by atoms with Crippen LogP contribution in [0.2, 0.25) is 0 Å². The van der Waals surface area contributed by atoms with Gasteiger partial charge in [0.05, 0.1) is 11.4 Å². The van der Waals surface area contributed by atoms with Crippen molar-refractivity contribution < 1.29 is 13.2 Å². The second-order valence-electron chi connectivity index (χ2n) is 5.82. The Kier molecular flexibility index (Phi) is 5.62. The molecular formula is C18H22N2O3S. The van der Waals surface area contributed by atoms with Gasteiger partial charge in [-0.25, -0.2) is 8.42 Å². The molecule has 5 nitrogen and oxygen atoms in total. The third kappa shape index (κ3) is 4.83. The van der Waals surface area contributed by atoms with Gasteiger partial charge in [0.2, 0.25) is 15.9 Å². The summed E-state index contributed by atoms with van der Waals surface area (Å²) in [6.07, 6.45) is 0. The van der Waals surface area contributed by atoms with E-state index in [2.05, 4.69) is 4.72 Å². The fraction of sp³-hybridized carbons (Fsp3) is 0.278. The van der Waals surface area contributed by atoms with Crippen molar-refractivity contribution in [2.45, 2.75) is 19.8 Å². The minimum absolute atomic E-state index is 0.0101. The quantitative estimate of drug-likeness (QED) is 0.873. The van der Waals surface area contributed by atoms with Gasteiger partial charge in [0.15, 0.2) is 0 Å². The standard InChI is InChI=1S/C18H22N2O3S/c1-14(16-8-5-4-6-9-16)13-24(22,23)19-17-10-7-11-18(12-17)20(3)15(2)21/h4-12,14,19H,13H2,1-3H3. The van der Waals surface area contributed by atoms with Gasteiger partial charge in [0.1, 0.15) is 0 Å². The van der Waals surface area contributed by atoms with Crippen LogP contribution in [0.1, 0.15) is 25.3 Å². The molecule has 1 atom stereocenters. The Balaban J connectivity index is 2.12. The Labute approximate surface area is 143 Å². The highest BCUT2D eigenvalue weighted by atomic mass is 32.2. The van der Waals surface area contributed by atoms with E-state index in [4.69, 9.17) is 0 Å². The maximum absolute atomic E-state index is 12.4. The first-order chi connectivity index (χ1) is 11.3. The molecule has 0 fully saturated rings. The van der Waals surface area contributed by atoms with Crippen LogP contribution >= 0.6 is 0 Å². The molecule has 1 amide bonds. The zero-order chi connectivity index (χ0) is 17.7. The first-order valence-electron chi connectivity index (χ1n) is 7.68. The molecule has 24 heavy (non-hydrogen) atoms. The maximum Gasteiger partial charge on any atom is 0.233 e. The van der Waals surface area contributed by atoms with Crippen LogP contribution < -0.4 is 9.62 Å². The normalized spacial score (nSPS) is 12.5. The van der Waals surface area contributed by atoms with E-state index in [0.717, 1.165) is 5.56 Å². The smallest absolute Gasteiger partial charge is 0.233 e. The van der Waals surface area contributed by atoms with Crippen LogP contribution in [0.3, 0.4) is 0 Å². The number of hydrogen-bond acceptors (Lipinski definition) is 3. The highest BCUT2D eigenvalue weighted by molar-refractivity contribution is 7.92. The number of carbonyl (C=O) groups excluding carboxylic acids is 1. The van der Waals surface area contributed by atoms with Crippen LogP contribution in [0.15, 0.2) is 54.6 Å². The lowest BCUT2D eigenvalue weighted by atomic mass is 10.0. The zero-order valence-electron chi connectivity index (χ0n) is 14.1. The number of sulfonamides is 1. The molecule has 128 valence electrons. The molecule has 0 bridgehead atoms. The Bertz CT molecular complexity index is 804. The van der Waals surface area contributed by atoms with Crippen molar-refractivity contribution in [3.8, 4) is 0 Å². The van der Waals surface area contributed by atoms with Crippen LogP contribution in [-0.4, -0.2) is 27.1 Å². The van der Waals surface area contributed by atoms with Crippen LogP contribution in [0.4, 0.5) is 11.4 Å². The fourth-order valence-corrected chi connectivity index (χ4v) is 3.81. The largest absolute Gasteiger partial charge is 0.316 e. The second-order valence-corrected chi connectivity index (χ2v) is 7.59. The lowest BCUT2D eigenvalue weighted by Crippen LogP contribution is -2.23. The molecule has 2 rings (SSSR count). The SMILES string of the molecule is CC(=O)N(C)c1cccc(NS(=O)(=O)CC(C)c2ccccc2)c1. The molecular weight excluding hydrogens is 324 g/mol. The highest BCUT2D eigenvalue weighted by Gasteiger charge is 2.17. The summed E-state index contributed by atoms with van der Waals surface area (Å²) >= 11 is 0. The number of amides is 1. The zero-order valence-corrected chi connectivity index (χ0v) is 14.9. The summed E-state index contributed by atoms with van der Waals surface area (Å²) in [5.41, 5.74) is 2.06. The Morgan fingerprint density at radius 3 is 2.42 bits per heavy atom. The van der Waals surface area contributed by atoms with E-state index in [0.29, 0.717) is 11.4 Å². The first kappa shape index (κ1) is 18.0. The minimum atomic E-state index is -3.50. The number of rotatable bonds is 6. The van der Waals surface area contributed by atoms with Crippen LogP contribution in [0.25, 0.3) is 0 Å². The van der Waals surface area contributed by atoms with E-state index in [1.807, 2.05) is 37.3 Å². The third-order valence-corrected chi connectivity index (χ3v) is 5.30. The number of benzene rings is 2. The summed E-state index contributed by atoms with van der Waals surface area (Å²) in [5.74, 6) is -0.247. The monoisotopic (exact) mass is 346 g/mol. The molecule has 2 aromatic rings. The summed E-state index contributed by atoms with van der Waals surface area (Å²) < 4.78 is 27.4. The molecule has 2 aromatic carbocycles. The molecule has 0 saturated carbocycles. The molecule has 0 aliphatic rings. The predicted octanol–water partition coefficient (Wildman–Crippen LogP) is 3.21. The molecule has 0 spiro atoms. The van der Waals surface area contributed by atoms with E-state index >= 15 is 0 Å². The van der Waals surface area contributed by atoms with E-state index < -0.39 is 10.0 Å². The molecule has 0 radical (unpaired) electrons. The van der Waals surface area contributed by atoms with E-state index in [-0.39, 0.29) is 17.6 Å². The number of anilines is 2.